The lowest BCUT2D eigenvalue weighted by molar-refractivity contribution is 0.162. The topological polar surface area (TPSA) is 51.5 Å². The molecule has 0 fully saturated rings. The molecule has 0 radical (unpaired) electrons. The smallest absolute Gasteiger partial charge is 0.209 e. The predicted octanol–water partition coefficient (Wildman–Crippen LogP) is 2.66. The lowest BCUT2D eigenvalue weighted by Crippen LogP contribution is -2.08. The molecule has 0 saturated carbocycles. The summed E-state index contributed by atoms with van der Waals surface area (Å²) >= 11 is 0. The first-order valence-corrected chi connectivity index (χ1v) is 5.20. The van der Waals surface area contributed by atoms with Crippen molar-refractivity contribution >= 4 is 6.08 Å². The zero-order valence-electron chi connectivity index (χ0n) is 9.98. The van der Waals surface area contributed by atoms with Gasteiger partial charge in [0.1, 0.15) is 6.07 Å². The molecule has 0 aliphatic carbocycles. The van der Waals surface area contributed by atoms with E-state index in [0.29, 0.717) is 11.5 Å². The third kappa shape index (κ3) is 1.92. The van der Waals surface area contributed by atoms with Gasteiger partial charge in [0.2, 0.25) is 6.10 Å². The summed E-state index contributed by atoms with van der Waals surface area (Å²) in [5, 5.41) is 9.07. The van der Waals surface area contributed by atoms with Gasteiger partial charge in [-0.15, -0.1) is 0 Å². The molecule has 1 aliphatic heterocycles. The molecular weight excluding hydrogens is 218 g/mol. The standard InChI is InChI=1S/C13H13NO3/c1-8-4-9-5-11(15-2)12(16-3)6-10(9)13(7-14)17-8/h4-6,13H,1-3H3. The van der Waals surface area contributed by atoms with Crippen molar-refractivity contribution in [3.8, 4) is 17.6 Å². The molecule has 0 saturated heterocycles. The Morgan fingerprint density at radius 3 is 2.47 bits per heavy atom. The second-order valence-electron chi connectivity index (χ2n) is 3.72. The summed E-state index contributed by atoms with van der Waals surface area (Å²) in [5.74, 6) is 1.97. The van der Waals surface area contributed by atoms with Crippen LogP contribution in [0.1, 0.15) is 24.2 Å². The van der Waals surface area contributed by atoms with Gasteiger partial charge < -0.3 is 14.2 Å². The number of hydrogen-bond acceptors (Lipinski definition) is 4. The largest absolute Gasteiger partial charge is 0.493 e. The van der Waals surface area contributed by atoms with Gasteiger partial charge in [-0.2, -0.15) is 5.26 Å². The zero-order chi connectivity index (χ0) is 12.4. The maximum absolute atomic E-state index is 9.07. The Kier molecular flexibility index (Phi) is 2.92. The molecule has 0 N–H and O–H groups in total. The van der Waals surface area contributed by atoms with E-state index >= 15 is 0 Å². The van der Waals surface area contributed by atoms with E-state index in [4.69, 9.17) is 19.5 Å². The van der Waals surface area contributed by atoms with Gasteiger partial charge in [0.15, 0.2) is 11.5 Å². The van der Waals surface area contributed by atoms with Crippen LogP contribution < -0.4 is 9.47 Å². The summed E-state index contributed by atoms with van der Waals surface area (Å²) in [4.78, 5) is 0. The number of nitriles is 1. The van der Waals surface area contributed by atoms with E-state index in [1.54, 1.807) is 20.3 Å². The number of fused-ring (bicyclic) bond motifs is 1. The van der Waals surface area contributed by atoms with Gasteiger partial charge in [-0.3, -0.25) is 0 Å². The van der Waals surface area contributed by atoms with Gasteiger partial charge in [-0.1, -0.05) is 0 Å². The van der Waals surface area contributed by atoms with E-state index in [1.807, 2.05) is 19.1 Å². The lowest BCUT2D eigenvalue weighted by atomic mass is 9.99. The van der Waals surface area contributed by atoms with Crippen molar-refractivity contribution in [1.82, 2.24) is 0 Å². The molecule has 1 aromatic rings. The first-order valence-electron chi connectivity index (χ1n) is 5.20. The molecule has 2 rings (SSSR count). The number of nitrogens with zero attached hydrogens (tertiary/aromatic N) is 1. The molecule has 1 aliphatic rings. The zero-order valence-corrected chi connectivity index (χ0v) is 9.98. The Labute approximate surface area is 100 Å². The first-order chi connectivity index (χ1) is 8.19. The van der Waals surface area contributed by atoms with Crippen LogP contribution in [-0.4, -0.2) is 14.2 Å². The van der Waals surface area contributed by atoms with Gasteiger partial charge in [0, 0.05) is 5.56 Å². The van der Waals surface area contributed by atoms with Crippen LogP contribution in [0.15, 0.2) is 17.9 Å². The Morgan fingerprint density at radius 1 is 1.24 bits per heavy atom. The number of methoxy groups -OCH3 is 2. The highest BCUT2D eigenvalue weighted by atomic mass is 16.5. The van der Waals surface area contributed by atoms with Crippen LogP contribution in [0.3, 0.4) is 0 Å². The summed E-state index contributed by atoms with van der Waals surface area (Å²) in [6, 6.07) is 5.75. The monoisotopic (exact) mass is 231 g/mol. The van der Waals surface area contributed by atoms with E-state index in [0.717, 1.165) is 16.9 Å². The normalized spacial score (nSPS) is 17.3. The quantitative estimate of drug-likeness (QED) is 0.785. The summed E-state index contributed by atoms with van der Waals surface area (Å²) in [6.45, 7) is 1.82. The van der Waals surface area contributed by atoms with Gasteiger partial charge in [-0.25, -0.2) is 0 Å². The minimum absolute atomic E-state index is 0.588. The molecule has 4 heteroatoms. The number of allylic oxidation sites excluding steroid dienone is 1. The Bertz CT molecular complexity index is 514. The SMILES string of the molecule is COc1cc2c(cc1OC)C(C#N)OC(C)=C2. The van der Waals surface area contributed by atoms with Crippen molar-refractivity contribution in [2.45, 2.75) is 13.0 Å². The summed E-state index contributed by atoms with van der Waals surface area (Å²) in [7, 11) is 3.15. The molecule has 4 nitrogen and oxygen atoms in total. The van der Waals surface area contributed by atoms with Crippen LogP contribution in [0.5, 0.6) is 11.5 Å². The molecule has 0 spiro atoms. The van der Waals surface area contributed by atoms with Crippen LogP contribution in [0.4, 0.5) is 0 Å². The third-order valence-electron chi connectivity index (χ3n) is 2.65. The van der Waals surface area contributed by atoms with Crippen molar-refractivity contribution in [1.29, 1.82) is 5.26 Å². The highest BCUT2D eigenvalue weighted by Gasteiger charge is 2.23. The first kappa shape index (κ1) is 11.3. The van der Waals surface area contributed by atoms with E-state index in [9.17, 15) is 0 Å². The van der Waals surface area contributed by atoms with E-state index in [2.05, 4.69) is 6.07 Å². The van der Waals surface area contributed by atoms with Gasteiger partial charge >= 0.3 is 0 Å². The lowest BCUT2D eigenvalue weighted by Gasteiger charge is -2.22. The van der Waals surface area contributed by atoms with Crippen molar-refractivity contribution < 1.29 is 14.2 Å². The molecule has 1 atom stereocenters. The summed E-state index contributed by atoms with van der Waals surface area (Å²) in [5.41, 5.74) is 1.73. The average Bonchev–Trinajstić information content (AvgIpc) is 2.35. The molecule has 0 amide bonds. The molecule has 1 aromatic carbocycles. The fourth-order valence-electron chi connectivity index (χ4n) is 1.86. The third-order valence-corrected chi connectivity index (χ3v) is 2.65. The minimum Gasteiger partial charge on any atom is -0.493 e. The van der Waals surface area contributed by atoms with E-state index < -0.39 is 6.10 Å². The summed E-state index contributed by atoms with van der Waals surface area (Å²) < 4.78 is 15.9. The molecule has 17 heavy (non-hydrogen) atoms. The van der Waals surface area contributed by atoms with Crippen LogP contribution in [0, 0.1) is 11.3 Å². The Morgan fingerprint density at radius 2 is 1.88 bits per heavy atom. The number of rotatable bonds is 2. The van der Waals surface area contributed by atoms with E-state index in [1.165, 1.54) is 0 Å². The van der Waals surface area contributed by atoms with Crippen molar-refractivity contribution in [3.63, 3.8) is 0 Å². The molecular formula is C13H13NO3. The van der Waals surface area contributed by atoms with Crippen LogP contribution in [0.25, 0.3) is 6.08 Å². The van der Waals surface area contributed by atoms with Crippen LogP contribution in [0.2, 0.25) is 0 Å². The van der Waals surface area contributed by atoms with Crippen LogP contribution >= 0.6 is 0 Å². The van der Waals surface area contributed by atoms with Gasteiger partial charge in [0.05, 0.1) is 20.0 Å². The molecule has 0 bridgehead atoms. The minimum atomic E-state index is -0.588. The average molecular weight is 231 g/mol. The van der Waals surface area contributed by atoms with Gasteiger partial charge in [0.25, 0.3) is 0 Å². The second-order valence-corrected chi connectivity index (χ2v) is 3.72. The van der Waals surface area contributed by atoms with Crippen molar-refractivity contribution in [2.24, 2.45) is 0 Å². The number of benzene rings is 1. The fraction of sp³-hybridized carbons (Fsp3) is 0.308. The summed E-state index contributed by atoms with van der Waals surface area (Å²) in [6.07, 6.45) is 1.29. The van der Waals surface area contributed by atoms with Crippen LogP contribution in [-0.2, 0) is 4.74 Å². The molecule has 1 unspecified atom stereocenters. The molecule has 1 heterocycles. The fourth-order valence-corrected chi connectivity index (χ4v) is 1.86. The maximum Gasteiger partial charge on any atom is 0.209 e. The van der Waals surface area contributed by atoms with Crippen molar-refractivity contribution in [2.75, 3.05) is 14.2 Å². The molecule has 88 valence electrons. The van der Waals surface area contributed by atoms with Crippen molar-refractivity contribution in [3.05, 3.63) is 29.0 Å². The van der Waals surface area contributed by atoms with E-state index in [-0.39, 0.29) is 0 Å². The Balaban J connectivity index is 2.60. The number of hydrogen-bond donors (Lipinski definition) is 0. The Hall–Kier alpha value is -2.15. The number of ether oxygens (including phenoxy) is 3. The predicted molar refractivity (Wildman–Crippen MR) is 62.6 cm³/mol. The second kappa shape index (κ2) is 4.38. The highest BCUT2D eigenvalue weighted by molar-refractivity contribution is 5.64. The maximum atomic E-state index is 9.07. The molecule has 0 aromatic heterocycles. The van der Waals surface area contributed by atoms with Gasteiger partial charge in [-0.05, 0) is 30.7 Å². The highest BCUT2D eigenvalue weighted by Crippen LogP contribution is 2.38.